The Hall–Kier alpha value is -3.42. The number of benzene rings is 2. The molecule has 0 radical (unpaired) electrons. The number of unbranched alkanes of at least 4 members (excludes halogenated alkanes) is 1. The summed E-state index contributed by atoms with van der Waals surface area (Å²) in [4.78, 5) is 34.0. The van der Waals surface area contributed by atoms with Crippen molar-refractivity contribution in [3.05, 3.63) is 64.2 Å². The zero-order valence-electron chi connectivity index (χ0n) is 14.8. The van der Waals surface area contributed by atoms with Gasteiger partial charge in [0.15, 0.2) is 6.61 Å². The lowest BCUT2D eigenvalue weighted by atomic mass is 10.2. The Morgan fingerprint density at radius 2 is 1.89 bits per heavy atom. The van der Waals surface area contributed by atoms with E-state index in [4.69, 9.17) is 9.47 Å². The number of nitro benzene ring substituents is 1. The maximum absolute atomic E-state index is 12.0. The molecule has 2 aromatic rings. The van der Waals surface area contributed by atoms with Crippen LogP contribution >= 0.6 is 0 Å². The van der Waals surface area contributed by atoms with Crippen LogP contribution in [0.2, 0.25) is 0 Å². The minimum Gasteiger partial charge on any atom is -0.494 e. The third-order valence-electron chi connectivity index (χ3n) is 3.53. The van der Waals surface area contributed by atoms with E-state index in [-0.39, 0.29) is 11.4 Å². The molecule has 8 nitrogen and oxygen atoms in total. The van der Waals surface area contributed by atoms with Crippen molar-refractivity contribution >= 4 is 23.3 Å². The molecule has 0 atom stereocenters. The molecule has 0 bridgehead atoms. The van der Waals surface area contributed by atoms with Gasteiger partial charge in [0, 0.05) is 17.8 Å². The van der Waals surface area contributed by atoms with Gasteiger partial charge >= 0.3 is 5.97 Å². The molecule has 1 amide bonds. The summed E-state index contributed by atoms with van der Waals surface area (Å²) in [5.41, 5.74) is 0.394. The molecular formula is C19H20N2O6. The minimum absolute atomic E-state index is 0.147. The van der Waals surface area contributed by atoms with Crippen LogP contribution in [-0.2, 0) is 9.53 Å². The number of hydrogen-bond acceptors (Lipinski definition) is 6. The second-order valence-electron chi connectivity index (χ2n) is 5.66. The molecule has 0 aliphatic heterocycles. The highest BCUT2D eigenvalue weighted by Gasteiger charge is 2.12. The quantitative estimate of drug-likeness (QED) is 0.312. The molecular weight excluding hydrogens is 352 g/mol. The van der Waals surface area contributed by atoms with Crippen molar-refractivity contribution in [2.24, 2.45) is 0 Å². The predicted octanol–water partition coefficient (Wildman–Crippen LogP) is 3.57. The fourth-order valence-corrected chi connectivity index (χ4v) is 2.13. The fourth-order valence-electron chi connectivity index (χ4n) is 2.13. The molecule has 27 heavy (non-hydrogen) atoms. The van der Waals surface area contributed by atoms with Crippen LogP contribution < -0.4 is 10.1 Å². The van der Waals surface area contributed by atoms with Gasteiger partial charge < -0.3 is 14.8 Å². The summed E-state index contributed by atoms with van der Waals surface area (Å²) in [5, 5.41) is 13.2. The van der Waals surface area contributed by atoms with Crippen molar-refractivity contribution in [2.75, 3.05) is 18.5 Å². The maximum atomic E-state index is 12.0. The molecule has 0 saturated carbocycles. The number of nitrogens with one attached hydrogen (secondary N) is 1. The molecule has 2 rings (SSSR count). The van der Waals surface area contributed by atoms with E-state index in [2.05, 4.69) is 12.2 Å². The molecule has 0 heterocycles. The van der Waals surface area contributed by atoms with Crippen LogP contribution in [0.4, 0.5) is 11.4 Å². The molecule has 0 saturated heterocycles. The Morgan fingerprint density at radius 3 is 2.56 bits per heavy atom. The number of hydrogen-bond donors (Lipinski definition) is 1. The smallest absolute Gasteiger partial charge is 0.338 e. The second kappa shape index (κ2) is 9.91. The summed E-state index contributed by atoms with van der Waals surface area (Å²) in [7, 11) is 0. The standard InChI is InChI=1S/C19H20N2O6/c1-2-3-11-26-17-9-7-14(8-10-17)19(23)27-13-18(22)20-15-5-4-6-16(12-15)21(24)25/h4-10,12H,2-3,11,13H2,1H3,(H,20,22). The summed E-state index contributed by atoms with van der Waals surface area (Å²) < 4.78 is 10.5. The highest BCUT2D eigenvalue weighted by Crippen LogP contribution is 2.17. The molecule has 0 aliphatic rings. The van der Waals surface area contributed by atoms with Crippen LogP contribution in [0.25, 0.3) is 0 Å². The average molecular weight is 372 g/mol. The molecule has 0 unspecified atom stereocenters. The monoisotopic (exact) mass is 372 g/mol. The Morgan fingerprint density at radius 1 is 1.15 bits per heavy atom. The van der Waals surface area contributed by atoms with E-state index in [1.54, 1.807) is 24.3 Å². The second-order valence-corrected chi connectivity index (χ2v) is 5.66. The average Bonchev–Trinajstić information content (AvgIpc) is 2.67. The van der Waals surface area contributed by atoms with Gasteiger partial charge in [-0.2, -0.15) is 0 Å². The van der Waals surface area contributed by atoms with Crippen LogP contribution in [-0.4, -0.2) is 30.0 Å². The summed E-state index contributed by atoms with van der Waals surface area (Å²) >= 11 is 0. The number of anilines is 1. The molecule has 0 aromatic heterocycles. The van der Waals surface area contributed by atoms with Crippen molar-refractivity contribution in [3.63, 3.8) is 0 Å². The molecule has 0 fully saturated rings. The third kappa shape index (κ3) is 6.43. The number of non-ortho nitro benzene ring substituents is 1. The molecule has 8 heteroatoms. The lowest BCUT2D eigenvalue weighted by Crippen LogP contribution is -2.21. The topological polar surface area (TPSA) is 108 Å². The summed E-state index contributed by atoms with van der Waals surface area (Å²) in [5.74, 6) is -0.587. The van der Waals surface area contributed by atoms with Gasteiger partial charge in [0.25, 0.3) is 11.6 Å². The predicted molar refractivity (Wildman–Crippen MR) is 98.9 cm³/mol. The largest absolute Gasteiger partial charge is 0.494 e. The number of esters is 1. The Bertz CT molecular complexity index is 804. The van der Waals surface area contributed by atoms with Crippen LogP contribution in [0.15, 0.2) is 48.5 Å². The van der Waals surface area contributed by atoms with Crippen molar-refractivity contribution in [1.29, 1.82) is 0 Å². The van der Waals surface area contributed by atoms with Gasteiger partial charge in [0.2, 0.25) is 0 Å². The van der Waals surface area contributed by atoms with Crippen molar-refractivity contribution < 1.29 is 24.0 Å². The van der Waals surface area contributed by atoms with Gasteiger partial charge in [-0.3, -0.25) is 14.9 Å². The zero-order chi connectivity index (χ0) is 19.6. The summed E-state index contributed by atoms with van der Waals surface area (Å²) in [6.45, 7) is 2.17. The molecule has 2 aromatic carbocycles. The number of rotatable bonds is 9. The van der Waals surface area contributed by atoms with E-state index < -0.39 is 23.4 Å². The maximum Gasteiger partial charge on any atom is 0.338 e. The van der Waals surface area contributed by atoms with Crippen LogP contribution in [0, 0.1) is 10.1 Å². The van der Waals surface area contributed by atoms with Crippen LogP contribution in [0.5, 0.6) is 5.75 Å². The highest BCUT2D eigenvalue weighted by atomic mass is 16.6. The number of nitrogens with zero attached hydrogens (tertiary/aromatic N) is 1. The number of carbonyl (C=O) groups excluding carboxylic acids is 2. The van der Waals surface area contributed by atoms with Crippen molar-refractivity contribution in [1.82, 2.24) is 0 Å². The third-order valence-corrected chi connectivity index (χ3v) is 3.53. The van der Waals surface area contributed by atoms with Crippen LogP contribution in [0.1, 0.15) is 30.1 Å². The number of ether oxygens (including phenoxy) is 2. The molecule has 0 aliphatic carbocycles. The first kappa shape index (κ1) is 19.9. The SMILES string of the molecule is CCCCOc1ccc(C(=O)OCC(=O)Nc2cccc([N+](=O)[O-])c2)cc1. The highest BCUT2D eigenvalue weighted by molar-refractivity contribution is 5.95. The first-order valence-corrected chi connectivity index (χ1v) is 8.44. The van der Waals surface area contributed by atoms with E-state index in [0.29, 0.717) is 17.9 Å². The fraction of sp³-hybridized carbons (Fsp3) is 0.263. The normalized spacial score (nSPS) is 10.1. The lowest BCUT2D eigenvalue weighted by Gasteiger charge is -2.08. The molecule has 0 spiro atoms. The van der Waals surface area contributed by atoms with Crippen molar-refractivity contribution in [2.45, 2.75) is 19.8 Å². The molecule has 1 N–H and O–H groups in total. The Kier molecular flexibility index (Phi) is 7.30. The van der Waals surface area contributed by atoms with Gasteiger partial charge in [-0.25, -0.2) is 4.79 Å². The number of amides is 1. The zero-order valence-corrected chi connectivity index (χ0v) is 14.8. The van der Waals surface area contributed by atoms with Gasteiger partial charge in [-0.15, -0.1) is 0 Å². The van der Waals surface area contributed by atoms with E-state index in [9.17, 15) is 19.7 Å². The first-order chi connectivity index (χ1) is 13.0. The van der Waals surface area contributed by atoms with Gasteiger partial charge in [-0.1, -0.05) is 19.4 Å². The number of carbonyl (C=O) groups is 2. The van der Waals surface area contributed by atoms with Gasteiger partial charge in [0.1, 0.15) is 5.75 Å². The Labute approximate surface area is 156 Å². The van der Waals surface area contributed by atoms with Gasteiger partial charge in [0.05, 0.1) is 17.1 Å². The minimum atomic E-state index is -0.649. The van der Waals surface area contributed by atoms with E-state index >= 15 is 0 Å². The van der Waals surface area contributed by atoms with E-state index in [1.807, 2.05) is 0 Å². The summed E-state index contributed by atoms with van der Waals surface area (Å²) in [6.07, 6.45) is 1.98. The number of nitro groups is 1. The first-order valence-electron chi connectivity index (χ1n) is 8.44. The van der Waals surface area contributed by atoms with E-state index in [0.717, 1.165) is 12.8 Å². The van der Waals surface area contributed by atoms with Gasteiger partial charge in [-0.05, 0) is 36.8 Å². The van der Waals surface area contributed by atoms with E-state index in [1.165, 1.54) is 24.3 Å². The summed E-state index contributed by atoms with van der Waals surface area (Å²) in [6, 6.07) is 11.9. The van der Waals surface area contributed by atoms with Crippen LogP contribution in [0.3, 0.4) is 0 Å². The molecule has 142 valence electrons. The lowest BCUT2D eigenvalue weighted by molar-refractivity contribution is -0.384. The Balaban J connectivity index is 1.83. The van der Waals surface area contributed by atoms with Crippen molar-refractivity contribution in [3.8, 4) is 5.75 Å².